The van der Waals surface area contributed by atoms with Gasteiger partial charge in [-0.05, 0) is 24.1 Å². The Hall–Kier alpha value is -1.07. The van der Waals surface area contributed by atoms with E-state index in [9.17, 15) is 0 Å². The first kappa shape index (κ1) is 15.5. The molecule has 0 saturated heterocycles. The van der Waals surface area contributed by atoms with Crippen LogP contribution >= 0.6 is 46.1 Å². The maximum absolute atomic E-state index is 6.09. The summed E-state index contributed by atoms with van der Waals surface area (Å²) in [6.45, 7) is 0.703. The molecule has 7 heteroatoms. The number of hydrogen-bond donors (Lipinski definition) is 1. The first-order chi connectivity index (χ1) is 11.0. The van der Waals surface area contributed by atoms with E-state index in [2.05, 4.69) is 20.7 Å². The molecule has 2 heterocycles. The standard InChI is InChI=1S/C16H12Cl3N3S/c17-11-3-1-9(2-4-11)12-7-23-15-13(12)14(21-8-22-15)20-6-10-5-16(10,18)19/h1-4,7-8,10H,5-6H2,(H,20,21,22). The van der Waals surface area contributed by atoms with E-state index in [1.165, 1.54) is 0 Å². The topological polar surface area (TPSA) is 37.8 Å². The van der Waals surface area contributed by atoms with Gasteiger partial charge in [-0.15, -0.1) is 34.5 Å². The lowest BCUT2D eigenvalue weighted by Crippen LogP contribution is -2.09. The van der Waals surface area contributed by atoms with Gasteiger partial charge in [0.1, 0.15) is 21.3 Å². The minimum absolute atomic E-state index is 0.258. The second kappa shape index (κ2) is 5.78. The summed E-state index contributed by atoms with van der Waals surface area (Å²) < 4.78 is -0.590. The first-order valence-electron chi connectivity index (χ1n) is 7.14. The largest absolute Gasteiger partial charge is 0.369 e. The highest BCUT2D eigenvalue weighted by Crippen LogP contribution is 2.53. The zero-order valence-corrected chi connectivity index (χ0v) is 15.0. The first-order valence-corrected chi connectivity index (χ1v) is 9.16. The number of halogens is 3. The van der Waals surface area contributed by atoms with Crippen molar-refractivity contribution in [3.8, 4) is 11.1 Å². The average molecular weight is 385 g/mol. The molecule has 118 valence electrons. The normalized spacial score (nSPS) is 19.0. The highest BCUT2D eigenvalue weighted by atomic mass is 35.5. The number of nitrogens with one attached hydrogen (secondary N) is 1. The van der Waals surface area contributed by atoms with Crippen molar-refractivity contribution >= 4 is 62.2 Å². The molecule has 1 aromatic carbocycles. The fourth-order valence-electron chi connectivity index (χ4n) is 2.56. The van der Waals surface area contributed by atoms with Gasteiger partial charge in [0, 0.05) is 28.4 Å². The number of thiophene rings is 1. The van der Waals surface area contributed by atoms with Crippen LogP contribution < -0.4 is 5.32 Å². The fourth-order valence-corrected chi connectivity index (χ4v) is 4.13. The summed E-state index contributed by atoms with van der Waals surface area (Å²) in [6.07, 6.45) is 2.39. The zero-order valence-electron chi connectivity index (χ0n) is 11.9. The fraction of sp³-hybridized carbons (Fsp3) is 0.250. The molecule has 0 bridgehead atoms. The summed E-state index contributed by atoms with van der Waals surface area (Å²) in [4.78, 5) is 9.72. The molecule has 1 unspecified atom stereocenters. The van der Waals surface area contributed by atoms with E-state index in [0.717, 1.165) is 38.6 Å². The van der Waals surface area contributed by atoms with E-state index in [4.69, 9.17) is 34.8 Å². The predicted molar refractivity (Wildman–Crippen MR) is 98.9 cm³/mol. The molecule has 1 N–H and O–H groups in total. The van der Waals surface area contributed by atoms with E-state index < -0.39 is 4.33 Å². The smallest absolute Gasteiger partial charge is 0.138 e. The molecule has 4 rings (SSSR count). The van der Waals surface area contributed by atoms with Crippen molar-refractivity contribution in [2.24, 2.45) is 5.92 Å². The van der Waals surface area contributed by atoms with E-state index in [1.807, 2.05) is 24.3 Å². The highest BCUT2D eigenvalue weighted by molar-refractivity contribution is 7.17. The van der Waals surface area contributed by atoms with Gasteiger partial charge < -0.3 is 5.32 Å². The van der Waals surface area contributed by atoms with Crippen LogP contribution in [-0.2, 0) is 0 Å². The predicted octanol–water partition coefficient (Wildman–Crippen LogP) is 5.62. The van der Waals surface area contributed by atoms with Crippen LogP contribution in [0.15, 0.2) is 36.0 Å². The minimum Gasteiger partial charge on any atom is -0.369 e. The number of hydrogen-bond acceptors (Lipinski definition) is 4. The van der Waals surface area contributed by atoms with Crippen molar-refractivity contribution in [3.63, 3.8) is 0 Å². The van der Waals surface area contributed by atoms with Gasteiger partial charge >= 0.3 is 0 Å². The molecule has 1 saturated carbocycles. The number of nitrogens with zero attached hydrogens (tertiary/aromatic N) is 2. The Morgan fingerprint density at radius 2 is 1.96 bits per heavy atom. The third kappa shape index (κ3) is 3.01. The average Bonchev–Trinajstić information content (AvgIpc) is 2.95. The van der Waals surface area contributed by atoms with Crippen LogP contribution in [0, 0.1) is 5.92 Å². The molecule has 0 amide bonds. The van der Waals surface area contributed by atoms with Crippen molar-refractivity contribution < 1.29 is 0 Å². The molecular formula is C16H12Cl3N3S. The monoisotopic (exact) mass is 383 g/mol. The van der Waals surface area contributed by atoms with Crippen LogP contribution in [0.25, 0.3) is 21.3 Å². The third-order valence-electron chi connectivity index (χ3n) is 4.00. The van der Waals surface area contributed by atoms with E-state index in [-0.39, 0.29) is 5.92 Å². The number of benzene rings is 1. The highest BCUT2D eigenvalue weighted by Gasteiger charge is 2.51. The molecule has 1 aliphatic rings. The lowest BCUT2D eigenvalue weighted by Gasteiger charge is -2.08. The molecule has 2 aromatic heterocycles. The van der Waals surface area contributed by atoms with Crippen molar-refractivity contribution in [3.05, 3.63) is 41.0 Å². The molecule has 3 aromatic rings. The number of fused-ring (bicyclic) bond motifs is 1. The summed E-state index contributed by atoms with van der Waals surface area (Å²) in [7, 11) is 0. The van der Waals surface area contributed by atoms with E-state index in [0.29, 0.717) is 6.54 Å². The lowest BCUT2D eigenvalue weighted by atomic mass is 10.1. The summed E-state index contributed by atoms with van der Waals surface area (Å²) in [5.74, 6) is 1.07. The summed E-state index contributed by atoms with van der Waals surface area (Å²) in [5.41, 5.74) is 2.19. The summed E-state index contributed by atoms with van der Waals surface area (Å²) in [5, 5.41) is 7.21. The van der Waals surface area contributed by atoms with Crippen molar-refractivity contribution in [1.82, 2.24) is 9.97 Å². The van der Waals surface area contributed by atoms with Crippen LogP contribution in [0.2, 0.25) is 5.02 Å². The molecule has 1 aliphatic carbocycles. The number of alkyl halides is 2. The minimum atomic E-state index is -0.590. The molecule has 1 fully saturated rings. The molecule has 0 aliphatic heterocycles. The number of rotatable bonds is 4. The zero-order chi connectivity index (χ0) is 16.0. The SMILES string of the molecule is Clc1ccc(-c2csc3ncnc(NCC4CC4(Cl)Cl)c23)cc1. The van der Waals surface area contributed by atoms with Crippen molar-refractivity contribution in [1.29, 1.82) is 0 Å². The maximum atomic E-state index is 6.09. The van der Waals surface area contributed by atoms with Gasteiger partial charge in [0.05, 0.1) is 5.39 Å². The van der Waals surface area contributed by atoms with Crippen LogP contribution in [0.5, 0.6) is 0 Å². The molecule has 23 heavy (non-hydrogen) atoms. The number of anilines is 1. The molecule has 0 spiro atoms. The van der Waals surface area contributed by atoms with Gasteiger partial charge in [-0.1, -0.05) is 23.7 Å². The van der Waals surface area contributed by atoms with Gasteiger partial charge in [-0.25, -0.2) is 9.97 Å². The molecular weight excluding hydrogens is 373 g/mol. The van der Waals surface area contributed by atoms with Gasteiger partial charge in [0.25, 0.3) is 0 Å². The Morgan fingerprint density at radius 1 is 1.22 bits per heavy atom. The van der Waals surface area contributed by atoms with Crippen LogP contribution in [0.3, 0.4) is 0 Å². The molecule has 3 nitrogen and oxygen atoms in total. The van der Waals surface area contributed by atoms with Gasteiger partial charge in [0.2, 0.25) is 0 Å². The Bertz CT molecular complexity index is 861. The van der Waals surface area contributed by atoms with Crippen LogP contribution in [0.4, 0.5) is 5.82 Å². The van der Waals surface area contributed by atoms with Gasteiger partial charge in [0.15, 0.2) is 0 Å². The van der Waals surface area contributed by atoms with E-state index >= 15 is 0 Å². The summed E-state index contributed by atoms with van der Waals surface area (Å²) >= 11 is 19.8. The Kier molecular flexibility index (Phi) is 3.88. The maximum Gasteiger partial charge on any atom is 0.138 e. The van der Waals surface area contributed by atoms with Gasteiger partial charge in [-0.2, -0.15) is 0 Å². The second-order valence-electron chi connectivity index (χ2n) is 5.60. The second-order valence-corrected chi connectivity index (χ2v) is 8.44. The van der Waals surface area contributed by atoms with Crippen LogP contribution in [0.1, 0.15) is 6.42 Å². The Balaban J connectivity index is 1.70. The van der Waals surface area contributed by atoms with Crippen molar-refractivity contribution in [2.75, 3.05) is 11.9 Å². The van der Waals surface area contributed by atoms with Crippen LogP contribution in [-0.4, -0.2) is 20.8 Å². The number of aromatic nitrogens is 2. The molecule has 0 radical (unpaired) electrons. The third-order valence-corrected chi connectivity index (χ3v) is 6.06. The Morgan fingerprint density at radius 3 is 2.65 bits per heavy atom. The molecule has 1 atom stereocenters. The van der Waals surface area contributed by atoms with E-state index in [1.54, 1.807) is 17.7 Å². The van der Waals surface area contributed by atoms with Gasteiger partial charge in [-0.3, -0.25) is 0 Å². The van der Waals surface area contributed by atoms with Crippen molar-refractivity contribution in [2.45, 2.75) is 10.8 Å². The lowest BCUT2D eigenvalue weighted by molar-refractivity contribution is 0.870. The quantitative estimate of drug-likeness (QED) is 0.593. The Labute approximate surface area is 152 Å². The summed E-state index contributed by atoms with van der Waals surface area (Å²) in [6, 6.07) is 7.78.